The summed E-state index contributed by atoms with van der Waals surface area (Å²) in [5, 5.41) is 60.8. The van der Waals surface area contributed by atoms with E-state index in [1.807, 2.05) is 0 Å². The minimum atomic E-state index is -1.27. The van der Waals surface area contributed by atoms with Crippen molar-refractivity contribution < 1.29 is 45.0 Å². The summed E-state index contributed by atoms with van der Waals surface area (Å²) >= 11 is 0. The molecule has 0 aliphatic carbocycles. The van der Waals surface area contributed by atoms with Gasteiger partial charge in [0.25, 0.3) is 0 Å². The van der Waals surface area contributed by atoms with E-state index in [4.69, 9.17) is 4.74 Å². The van der Waals surface area contributed by atoms with Crippen molar-refractivity contribution in [1.29, 1.82) is 0 Å². The average Bonchev–Trinajstić information content (AvgIpc) is 3.29. The van der Waals surface area contributed by atoms with Gasteiger partial charge in [-0.05, 0) is 53.6 Å². The summed E-state index contributed by atoms with van der Waals surface area (Å²) in [6.07, 6.45) is 1.53. The maximum Gasteiger partial charge on any atom is 0.193 e. The molecule has 0 amide bonds. The van der Waals surface area contributed by atoms with Crippen molar-refractivity contribution >= 4 is 17.6 Å². The molecule has 0 aromatic heterocycles. The monoisotopic (exact) mass is 526 g/mol. The highest BCUT2D eigenvalue weighted by Crippen LogP contribution is 2.55. The van der Waals surface area contributed by atoms with Gasteiger partial charge in [-0.1, -0.05) is 30.3 Å². The zero-order valence-electron chi connectivity index (χ0n) is 20.1. The normalized spacial score (nSPS) is 16.1. The molecule has 0 bridgehead atoms. The Hall–Kier alpha value is -5.44. The molecular formula is C30H22O9. The fourth-order valence-corrected chi connectivity index (χ4v) is 4.58. The van der Waals surface area contributed by atoms with Crippen LogP contribution in [0, 0.1) is 0 Å². The van der Waals surface area contributed by atoms with Gasteiger partial charge in [0.05, 0.1) is 17.0 Å². The molecule has 1 aliphatic heterocycles. The van der Waals surface area contributed by atoms with Gasteiger partial charge in [-0.3, -0.25) is 9.59 Å². The fraction of sp³-hybridized carbons (Fsp3) is 0.0667. The van der Waals surface area contributed by atoms with Crippen molar-refractivity contribution in [2.24, 2.45) is 0 Å². The van der Waals surface area contributed by atoms with E-state index in [9.17, 15) is 40.2 Å². The highest BCUT2D eigenvalue weighted by Gasteiger charge is 2.46. The number of phenols is 6. The second-order valence-electron chi connectivity index (χ2n) is 9.00. The number of Topliss-reactive ketones (excluding diaryl/α,β-unsaturated/α-hetero) is 1. The van der Waals surface area contributed by atoms with Crippen molar-refractivity contribution in [3.8, 4) is 40.2 Å². The van der Waals surface area contributed by atoms with Gasteiger partial charge in [0.15, 0.2) is 11.6 Å². The Morgan fingerprint density at radius 1 is 0.692 bits per heavy atom. The second-order valence-corrected chi connectivity index (χ2v) is 9.00. The highest BCUT2D eigenvalue weighted by atomic mass is 16.5. The number of hydrogen-bond acceptors (Lipinski definition) is 9. The van der Waals surface area contributed by atoms with E-state index < -0.39 is 40.8 Å². The van der Waals surface area contributed by atoms with Gasteiger partial charge < -0.3 is 35.4 Å². The molecule has 2 atom stereocenters. The molecule has 9 heteroatoms. The largest absolute Gasteiger partial charge is 0.508 e. The van der Waals surface area contributed by atoms with Crippen molar-refractivity contribution in [3.05, 3.63) is 107 Å². The van der Waals surface area contributed by atoms with Crippen LogP contribution in [0.1, 0.15) is 49.4 Å². The zero-order valence-corrected chi connectivity index (χ0v) is 20.1. The summed E-state index contributed by atoms with van der Waals surface area (Å²) in [5.41, 5.74) is 0.495. The third kappa shape index (κ3) is 4.69. The summed E-state index contributed by atoms with van der Waals surface area (Å²) in [7, 11) is 0. The topological polar surface area (TPSA) is 165 Å². The van der Waals surface area contributed by atoms with Crippen LogP contribution in [-0.4, -0.2) is 42.2 Å². The number of benzene rings is 4. The highest BCUT2D eigenvalue weighted by molar-refractivity contribution is 6.12. The first-order valence-corrected chi connectivity index (χ1v) is 11.8. The number of carbonyl (C=O) groups excluding carboxylic acids is 2. The van der Waals surface area contributed by atoms with Crippen LogP contribution in [-0.2, 0) is 0 Å². The van der Waals surface area contributed by atoms with Crippen molar-refractivity contribution in [2.75, 3.05) is 0 Å². The lowest BCUT2D eigenvalue weighted by molar-refractivity contribution is 0.0891. The van der Waals surface area contributed by atoms with Crippen LogP contribution in [0.25, 0.3) is 6.08 Å². The smallest absolute Gasteiger partial charge is 0.193 e. The van der Waals surface area contributed by atoms with E-state index in [2.05, 4.69) is 0 Å². The van der Waals surface area contributed by atoms with Gasteiger partial charge in [-0.2, -0.15) is 0 Å². The molecule has 4 aromatic rings. The molecule has 2 unspecified atom stereocenters. The molecule has 5 rings (SSSR count). The number of ether oxygens (including phenoxy) is 1. The summed E-state index contributed by atoms with van der Waals surface area (Å²) in [4.78, 5) is 27.0. The first-order chi connectivity index (χ1) is 18.6. The van der Waals surface area contributed by atoms with E-state index in [1.165, 1.54) is 60.7 Å². The first kappa shape index (κ1) is 25.2. The number of fused-ring (bicyclic) bond motifs is 1. The molecule has 4 aromatic carbocycles. The molecule has 0 saturated carbocycles. The molecule has 196 valence electrons. The quantitative estimate of drug-likeness (QED) is 0.151. The Bertz CT molecular complexity index is 1620. The van der Waals surface area contributed by atoms with E-state index in [-0.39, 0.29) is 39.7 Å². The predicted molar refractivity (Wildman–Crippen MR) is 140 cm³/mol. The number of phenolic OH excluding ortho intramolecular Hbond substituents is 6. The Kier molecular flexibility index (Phi) is 6.33. The van der Waals surface area contributed by atoms with Crippen molar-refractivity contribution in [1.82, 2.24) is 0 Å². The summed E-state index contributed by atoms with van der Waals surface area (Å²) < 4.78 is 6.09. The zero-order chi connectivity index (χ0) is 27.8. The van der Waals surface area contributed by atoms with Crippen LogP contribution in [0.2, 0.25) is 0 Å². The Labute approximate surface area is 221 Å². The Balaban J connectivity index is 1.64. The molecule has 0 radical (unpaired) electrons. The van der Waals surface area contributed by atoms with Gasteiger partial charge >= 0.3 is 0 Å². The standard InChI is InChI=1S/C30H22O9/c31-17-6-1-15(2-7-17)3-12-21(34)25-23(36)14-24(37)26-27(28(38)20-11-10-19(33)13-22(20)35)29(39-30(25)26)16-4-8-18(32)9-5-16/h1-14,27,29,31-33,35-37H. The lowest BCUT2D eigenvalue weighted by Crippen LogP contribution is -2.19. The lowest BCUT2D eigenvalue weighted by Gasteiger charge is -2.19. The molecule has 1 aliphatic rings. The number of aromatic hydroxyl groups is 6. The Morgan fingerprint density at radius 2 is 1.31 bits per heavy atom. The van der Waals surface area contributed by atoms with E-state index in [0.29, 0.717) is 11.1 Å². The minimum Gasteiger partial charge on any atom is -0.508 e. The molecule has 9 nitrogen and oxygen atoms in total. The first-order valence-electron chi connectivity index (χ1n) is 11.8. The van der Waals surface area contributed by atoms with Crippen LogP contribution in [0.4, 0.5) is 0 Å². The van der Waals surface area contributed by atoms with Gasteiger partial charge in [0, 0.05) is 12.1 Å². The molecule has 0 fully saturated rings. The predicted octanol–water partition coefficient (Wildman–Crippen LogP) is 4.92. The summed E-state index contributed by atoms with van der Waals surface area (Å²) in [5.74, 6) is -4.65. The van der Waals surface area contributed by atoms with Gasteiger partial charge in [0.1, 0.15) is 51.9 Å². The summed E-state index contributed by atoms with van der Waals surface area (Å²) in [6, 6.07) is 16.2. The molecule has 39 heavy (non-hydrogen) atoms. The number of rotatable bonds is 6. The maximum absolute atomic E-state index is 13.8. The maximum atomic E-state index is 13.8. The van der Waals surface area contributed by atoms with Crippen LogP contribution in [0.15, 0.2) is 78.9 Å². The third-order valence-corrected chi connectivity index (χ3v) is 6.45. The summed E-state index contributed by atoms with van der Waals surface area (Å²) in [6.45, 7) is 0. The minimum absolute atomic E-state index is 0.0379. The second kappa shape index (κ2) is 9.79. The molecule has 0 saturated heterocycles. The van der Waals surface area contributed by atoms with Crippen LogP contribution in [0.3, 0.4) is 0 Å². The third-order valence-electron chi connectivity index (χ3n) is 6.45. The molecule has 0 spiro atoms. The average molecular weight is 526 g/mol. The van der Waals surface area contributed by atoms with Crippen LogP contribution >= 0.6 is 0 Å². The van der Waals surface area contributed by atoms with E-state index >= 15 is 0 Å². The van der Waals surface area contributed by atoms with Crippen LogP contribution < -0.4 is 4.74 Å². The fourth-order valence-electron chi connectivity index (χ4n) is 4.58. The number of ketones is 2. The Morgan fingerprint density at radius 3 is 1.95 bits per heavy atom. The lowest BCUT2D eigenvalue weighted by atomic mass is 9.83. The van der Waals surface area contributed by atoms with Crippen molar-refractivity contribution in [3.63, 3.8) is 0 Å². The molecule has 6 N–H and O–H groups in total. The van der Waals surface area contributed by atoms with Gasteiger partial charge in [-0.15, -0.1) is 0 Å². The SMILES string of the molecule is O=C(C=Cc1ccc(O)cc1)c1c(O)cc(O)c2c1OC(c1ccc(O)cc1)C2C(=O)c1ccc(O)cc1O. The number of carbonyl (C=O) groups is 2. The van der Waals surface area contributed by atoms with Crippen LogP contribution in [0.5, 0.6) is 40.2 Å². The van der Waals surface area contributed by atoms with Gasteiger partial charge in [0.2, 0.25) is 0 Å². The van der Waals surface area contributed by atoms with E-state index in [1.54, 1.807) is 12.1 Å². The number of hydrogen-bond donors (Lipinski definition) is 6. The van der Waals surface area contributed by atoms with Gasteiger partial charge in [-0.25, -0.2) is 0 Å². The molecular weight excluding hydrogens is 504 g/mol. The van der Waals surface area contributed by atoms with Crippen molar-refractivity contribution in [2.45, 2.75) is 12.0 Å². The van der Waals surface area contributed by atoms with E-state index in [0.717, 1.165) is 12.1 Å². The molecule has 1 heterocycles. The number of allylic oxidation sites excluding steroid dienone is 1.